The Bertz CT molecular complexity index is 1070. The molecule has 0 aliphatic carbocycles. The average Bonchev–Trinajstić information content (AvgIpc) is 3.14. The molecule has 4 rings (SSSR count). The minimum atomic E-state index is -2.02. The Morgan fingerprint density at radius 3 is 2.13 bits per heavy atom. The minimum Gasteiger partial charge on any atom is -0.465 e. The number of benzene rings is 3. The molecule has 0 bridgehead atoms. The highest BCUT2D eigenvalue weighted by molar-refractivity contribution is 6.30. The zero-order chi connectivity index (χ0) is 22.0. The zero-order valence-electron chi connectivity index (χ0n) is 16.9. The quantitative estimate of drug-likeness (QED) is 0.474. The third kappa shape index (κ3) is 3.82. The van der Waals surface area contributed by atoms with Crippen LogP contribution in [0.1, 0.15) is 28.3 Å². The van der Waals surface area contributed by atoms with E-state index in [1.54, 1.807) is 48.5 Å². The molecule has 3 unspecified atom stereocenters. The van der Waals surface area contributed by atoms with Crippen LogP contribution in [-0.4, -0.2) is 35.7 Å². The van der Waals surface area contributed by atoms with Crippen LogP contribution in [0.4, 0.5) is 5.69 Å². The molecule has 1 fully saturated rings. The van der Waals surface area contributed by atoms with Gasteiger partial charge < -0.3 is 14.7 Å². The van der Waals surface area contributed by atoms with Gasteiger partial charge in [0.05, 0.1) is 7.11 Å². The van der Waals surface area contributed by atoms with Crippen molar-refractivity contribution in [3.8, 4) is 0 Å². The van der Waals surface area contributed by atoms with Gasteiger partial charge in [0.2, 0.25) is 5.72 Å². The number of halogens is 1. The van der Waals surface area contributed by atoms with Crippen LogP contribution >= 0.6 is 11.6 Å². The number of Topliss-reactive ketones (excluding diaryl/α,β-unsaturated/α-hetero) is 1. The fourth-order valence-electron chi connectivity index (χ4n) is 4.32. The van der Waals surface area contributed by atoms with E-state index in [4.69, 9.17) is 16.3 Å². The summed E-state index contributed by atoms with van der Waals surface area (Å²) in [4.78, 5) is 28.0. The van der Waals surface area contributed by atoms with Crippen molar-refractivity contribution < 1.29 is 19.4 Å². The average molecular weight is 436 g/mol. The molecule has 1 N–H and O–H groups in total. The standard InChI is InChI=1S/C25H22ClNO4/c1-31-24(29)25(30)16-21(17-8-4-2-5-9-17)22(23(28)18-10-6-3-7-11-18)27(25)20-14-12-19(26)13-15-20/h2-15,21-22,30H,16H2,1H3. The molecule has 3 aromatic carbocycles. The molecule has 1 aliphatic rings. The summed E-state index contributed by atoms with van der Waals surface area (Å²) in [6.07, 6.45) is 0.00948. The number of methoxy groups -OCH3 is 1. The monoisotopic (exact) mass is 435 g/mol. The molecule has 3 aromatic rings. The van der Waals surface area contributed by atoms with Crippen molar-refractivity contribution in [1.29, 1.82) is 0 Å². The van der Waals surface area contributed by atoms with Crippen LogP contribution in [0.25, 0.3) is 0 Å². The molecular formula is C25H22ClNO4. The number of nitrogens with zero attached hydrogens (tertiary/aromatic N) is 1. The van der Waals surface area contributed by atoms with Crippen molar-refractivity contribution in [2.75, 3.05) is 12.0 Å². The first kappa shape index (κ1) is 21.1. The van der Waals surface area contributed by atoms with Gasteiger partial charge >= 0.3 is 5.97 Å². The second-order valence-electron chi connectivity index (χ2n) is 7.55. The number of rotatable bonds is 5. The molecule has 0 aromatic heterocycles. The summed E-state index contributed by atoms with van der Waals surface area (Å²) in [5.41, 5.74) is -0.153. The van der Waals surface area contributed by atoms with E-state index in [-0.39, 0.29) is 12.2 Å². The first-order valence-corrected chi connectivity index (χ1v) is 10.3. The second kappa shape index (κ2) is 8.53. The molecule has 1 aliphatic heterocycles. The molecular weight excluding hydrogens is 414 g/mol. The first-order valence-electron chi connectivity index (χ1n) is 9.95. The molecule has 0 saturated carbocycles. The van der Waals surface area contributed by atoms with Gasteiger partial charge in [-0.05, 0) is 29.8 Å². The maximum Gasteiger partial charge on any atom is 0.359 e. The van der Waals surface area contributed by atoms with E-state index in [2.05, 4.69) is 0 Å². The topological polar surface area (TPSA) is 66.8 Å². The lowest BCUT2D eigenvalue weighted by molar-refractivity contribution is -0.161. The molecule has 158 valence electrons. The summed E-state index contributed by atoms with van der Waals surface area (Å²) in [6.45, 7) is 0. The molecule has 1 heterocycles. The van der Waals surface area contributed by atoms with Crippen molar-refractivity contribution in [2.45, 2.75) is 24.1 Å². The molecule has 31 heavy (non-hydrogen) atoms. The molecule has 3 atom stereocenters. The normalized spacial score (nSPS) is 22.9. The predicted octanol–water partition coefficient (Wildman–Crippen LogP) is 4.45. The number of hydrogen-bond acceptors (Lipinski definition) is 5. The fraction of sp³-hybridized carbons (Fsp3) is 0.200. The molecule has 5 nitrogen and oxygen atoms in total. The lowest BCUT2D eigenvalue weighted by atomic mass is 9.86. The number of anilines is 1. The number of carbonyl (C=O) groups excluding carboxylic acids is 2. The fourth-order valence-corrected chi connectivity index (χ4v) is 4.45. The Morgan fingerprint density at radius 1 is 0.968 bits per heavy atom. The summed E-state index contributed by atoms with van der Waals surface area (Å²) >= 11 is 6.06. The summed E-state index contributed by atoms with van der Waals surface area (Å²) in [5, 5.41) is 12.1. The van der Waals surface area contributed by atoms with Crippen LogP contribution in [-0.2, 0) is 9.53 Å². The highest BCUT2D eigenvalue weighted by atomic mass is 35.5. The van der Waals surface area contributed by atoms with Crippen LogP contribution in [0, 0.1) is 0 Å². The van der Waals surface area contributed by atoms with Crippen LogP contribution in [0.3, 0.4) is 0 Å². The first-order chi connectivity index (χ1) is 15.0. The predicted molar refractivity (Wildman–Crippen MR) is 119 cm³/mol. The van der Waals surface area contributed by atoms with Gasteiger partial charge in [-0.25, -0.2) is 4.79 Å². The summed E-state index contributed by atoms with van der Waals surface area (Å²) < 4.78 is 4.96. The van der Waals surface area contributed by atoms with E-state index < -0.39 is 23.7 Å². The second-order valence-corrected chi connectivity index (χ2v) is 7.99. The van der Waals surface area contributed by atoms with E-state index in [0.29, 0.717) is 16.3 Å². The molecule has 0 amide bonds. The van der Waals surface area contributed by atoms with Gasteiger partial charge in [0, 0.05) is 28.6 Å². The van der Waals surface area contributed by atoms with Crippen LogP contribution in [0.15, 0.2) is 84.9 Å². The van der Waals surface area contributed by atoms with Gasteiger partial charge in [-0.2, -0.15) is 0 Å². The van der Waals surface area contributed by atoms with Gasteiger partial charge in [-0.15, -0.1) is 0 Å². The van der Waals surface area contributed by atoms with Crippen LogP contribution < -0.4 is 4.90 Å². The van der Waals surface area contributed by atoms with Gasteiger partial charge in [0.1, 0.15) is 6.04 Å². The molecule has 6 heteroatoms. The smallest absolute Gasteiger partial charge is 0.359 e. The van der Waals surface area contributed by atoms with Gasteiger partial charge in [0.25, 0.3) is 0 Å². The number of esters is 1. The number of ketones is 1. The van der Waals surface area contributed by atoms with E-state index in [9.17, 15) is 14.7 Å². The maximum absolute atomic E-state index is 13.7. The van der Waals surface area contributed by atoms with Crippen molar-refractivity contribution in [1.82, 2.24) is 0 Å². The summed E-state index contributed by atoms with van der Waals surface area (Å²) in [7, 11) is 1.23. The van der Waals surface area contributed by atoms with E-state index >= 15 is 0 Å². The lowest BCUT2D eigenvalue weighted by Gasteiger charge is -2.36. The Kier molecular flexibility index (Phi) is 5.81. The number of aliphatic hydroxyl groups is 1. The van der Waals surface area contributed by atoms with Gasteiger partial charge in [-0.3, -0.25) is 4.79 Å². The Labute approximate surface area is 185 Å². The zero-order valence-corrected chi connectivity index (χ0v) is 17.7. The molecule has 0 radical (unpaired) electrons. The summed E-state index contributed by atoms with van der Waals surface area (Å²) in [5.74, 6) is -1.44. The van der Waals surface area contributed by atoms with Crippen molar-refractivity contribution in [2.24, 2.45) is 0 Å². The molecule has 1 saturated heterocycles. The van der Waals surface area contributed by atoms with E-state index in [1.165, 1.54) is 12.0 Å². The Hall–Kier alpha value is -3.15. The molecule has 0 spiro atoms. The van der Waals surface area contributed by atoms with Gasteiger partial charge in [-0.1, -0.05) is 72.3 Å². The third-order valence-electron chi connectivity index (χ3n) is 5.73. The third-order valence-corrected chi connectivity index (χ3v) is 5.99. The summed E-state index contributed by atoms with van der Waals surface area (Å²) in [6, 6.07) is 24.2. The van der Waals surface area contributed by atoms with Crippen molar-refractivity contribution >= 4 is 29.0 Å². The highest BCUT2D eigenvalue weighted by Gasteiger charge is 2.59. The number of hydrogen-bond donors (Lipinski definition) is 1. The van der Waals surface area contributed by atoms with Crippen LogP contribution in [0.5, 0.6) is 0 Å². The Morgan fingerprint density at radius 2 is 1.55 bits per heavy atom. The maximum atomic E-state index is 13.7. The lowest BCUT2D eigenvalue weighted by Crippen LogP contribution is -2.55. The van der Waals surface area contributed by atoms with E-state index in [0.717, 1.165) is 5.56 Å². The SMILES string of the molecule is COC(=O)C1(O)CC(c2ccccc2)C(C(=O)c2ccccc2)N1c1ccc(Cl)cc1. The number of carbonyl (C=O) groups is 2. The van der Waals surface area contributed by atoms with E-state index in [1.807, 2.05) is 36.4 Å². The number of ether oxygens (including phenoxy) is 1. The minimum absolute atomic E-state index is 0.00948. The highest BCUT2D eigenvalue weighted by Crippen LogP contribution is 2.47. The van der Waals surface area contributed by atoms with Crippen LogP contribution in [0.2, 0.25) is 5.02 Å². The van der Waals surface area contributed by atoms with Crippen molar-refractivity contribution in [3.63, 3.8) is 0 Å². The Balaban J connectivity index is 1.91. The van der Waals surface area contributed by atoms with Crippen molar-refractivity contribution in [3.05, 3.63) is 101 Å². The van der Waals surface area contributed by atoms with Gasteiger partial charge in [0.15, 0.2) is 5.78 Å². The largest absolute Gasteiger partial charge is 0.465 e.